The number of benzene rings is 1. The summed E-state index contributed by atoms with van der Waals surface area (Å²) in [7, 11) is 0. The van der Waals surface area contributed by atoms with Gasteiger partial charge in [0.05, 0.1) is 6.61 Å². The van der Waals surface area contributed by atoms with Gasteiger partial charge in [-0.3, -0.25) is 9.59 Å². The normalized spacial score (nSPS) is 10.0. The molecule has 0 atom stereocenters. The lowest BCUT2D eigenvalue weighted by Crippen LogP contribution is -2.07. The molecule has 0 heterocycles. The molecular formula is C13H16O4. The summed E-state index contributed by atoms with van der Waals surface area (Å²) in [5.41, 5.74) is 1.21. The second-order valence-electron chi connectivity index (χ2n) is 3.70. The number of phenolic OH excluding ortho intramolecular Hbond substituents is 1. The number of esters is 1. The molecule has 0 aromatic heterocycles. The predicted octanol–water partition coefficient (Wildman–Crippen LogP) is 2.09. The maximum Gasteiger partial charge on any atom is 0.306 e. The van der Waals surface area contributed by atoms with E-state index in [9.17, 15) is 14.7 Å². The Morgan fingerprint density at radius 2 is 2.06 bits per heavy atom. The quantitative estimate of drug-likeness (QED) is 0.628. The summed E-state index contributed by atoms with van der Waals surface area (Å²) in [6.45, 7) is 3.54. The van der Waals surface area contributed by atoms with Gasteiger partial charge in [-0.05, 0) is 38.0 Å². The average molecular weight is 236 g/mol. The second kappa shape index (κ2) is 6.03. The maximum absolute atomic E-state index is 11.4. The number of ether oxygens (including phenoxy) is 1. The largest absolute Gasteiger partial charge is 0.508 e. The molecule has 1 aromatic carbocycles. The SMILES string of the molecule is CCOC(=O)CCc1ccc(O)cc1C(C)=O. The molecule has 0 aliphatic carbocycles. The van der Waals surface area contributed by atoms with Crippen LogP contribution in [0.25, 0.3) is 0 Å². The van der Waals surface area contributed by atoms with Gasteiger partial charge in [0.15, 0.2) is 5.78 Å². The van der Waals surface area contributed by atoms with Gasteiger partial charge in [-0.1, -0.05) is 6.07 Å². The van der Waals surface area contributed by atoms with Crippen molar-refractivity contribution in [1.29, 1.82) is 0 Å². The molecule has 0 fully saturated rings. The molecule has 0 bridgehead atoms. The molecule has 1 aromatic rings. The third-order valence-electron chi connectivity index (χ3n) is 2.38. The van der Waals surface area contributed by atoms with Crippen molar-refractivity contribution in [3.8, 4) is 5.75 Å². The van der Waals surface area contributed by atoms with Gasteiger partial charge in [0.2, 0.25) is 0 Å². The first-order valence-electron chi connectivity index (χ1n) is 5.53. The number of carbonyl (C=O) groups is 2. The van der Waals surface area contributed by atoms with Crippen LogP contribution in [-0.2, 0) is 16.0 Å². The Labute approximate surface area is 100 Å². The van der Waals surface area contributed by atoms with Crippen molar-refractivity contribution >= 4 is 11.8 Å². The van der Waals surface area contributed by atoms with E-state index in [1.54, 1.807) is 13.0 Å². The van der Waals surface area contributed by atoms with Crippen LogP contribution >= 0.6 is 0 Å². The lowest BCUT2D eigenvalue weighted by Gasteiger charge is -2.07. The number of rotatable bonds is 5. The number of hydrogen-bond donors (Lipinski definition) is 1. The Morgan fingerprint density at radius 1 is 1.35 bits per heavy atom. The molecule has 0 amide bonds. The summed E-state index contributed by atoms with van der Waals surface area (Å²) in [6.07, 6.45) is 0.674. The first-order valence-corrected chi connectivity index (χ1v) is 5.53. The van der Waals surface area contributed by atoms with Gasteiger partial charge in [-0.15, -0.1) is 0 Å². The first kappa shape index (κ1) is 13.2. The fourth-order valence-corrected chi connectivity index (χ4v) is 1.58. The van der Waals surface area contributed by atoms with Crippen LogP contribution < -0.4 is 0 Å². The fraction of sp³-hybridized carbons (Fsp3) is 0.385. The van der Waals surface area contributed by atoms with Crippen molar-refractivity contribution in [3.05, 3.63) is 29.3 Å². The minimum atomic E-state index is -0.282. The summed E-state index contributed by atoms with van der Waals surface area (Å²) >= 11 is 0. The highest BCUT2D eigenvalue weighted by molar-refractivity contribution is 5.96. The third-order valence-corrected chi connectivity index (χ3v) is 2.38. The van der Waals surface area contributed by atoms with Gasteiger partial charge in [-0.25, -0.2) is 0 Å². The molecule has 0 unspecified atom stereocenters. The number of Topliss-reactive ketones (excluding diaryl/α,β-unsaturated/α-hetero) is 1. The van der Waals surface area contributed by atoms with Crippen LogP contribution in [0.1, 0.15) is 36.2 Å². The van der Waals surface area contributed by atoms with Crippen molar-refractivity contribution < 1.29 is 19.4 Å². The Morgan fingerprint density at radius 3 is 2.65 bits per heavy atom. The number of phenols is 1. The molecule has 0 saturated carbocycles. The maximum atomic E-state index is 11.4. The zero-order chi connectivity index (χ0) is 12.8. The average Bonchev–Trinajstić information content (AvgIpc) is 2.27. The first-order chi connectivity index (χ1) is 8.04. The Balaban J connectivity index is 2.77. The van der Waals surface area contributed by atoms with E-state index < -0.39 is 0 Å². The van der Waals surface area contributed by atoms with E-state index in [1.807, 2.05) is 0 Å². The Hall–Kier alpha value is -1.84. The van der Waals surface area contributed by atoms with E-state index in [-0.39, 0.29) is 23.9 Å². The summed E-state index contributed by atoms with van der Waals surface area (Å²) in [5, 5.41) is 9.30. The van der Waals surface area contributed by atoms with Crippen LogP contribution in [0.2, 0.25) is 0 Å². The molecule has 92 valence electrons. The zero-order valence-corrected chi connectivity index (χ0v) is 10.0. The Bertz CT molecular complexity index is 423. The molecule has 4 heteroatoms. The molecule has 17 heavy (non-hydrogen) atoms. The van der Waals surface area contributed by atoms with Gasteiger partial charge in [0.1, 0.15) is 5.75 Å². The standard InChI is InChI=1S/C13H16O4/c1-3-17-13(16)7-5-10-4-6-11(15)8-12(10)9(2)14/h4,6,8,15H,3,5,7H2,1-2H3. The van der Waals surface area contributed by atoms with Crippen LogP contribution in [0.5, 0.6) is 5.75 Å². The van der Waals surface area contributed by atoms with Gasteiger partial charge >= 0.3 is 5.97 Å². The fourth-order valence-electron chi connectivity index (χ4n) is 1.58. The van der Waals surface area contributed by atoms with Crippen molar-refractivity contribution in [1.82, 2.24) is 0 Å². The van der Waals surface area contributed by atoms with Gasteiger partial charge in [-0.2, -0.15) is 0 Å². The highest BCUT2D eigenvalue weighted by Gasteiger charge is 2.10. The van der Waals surface area contributed by atoms with Gasteiger partial charge in [0, 0.05) is 12.0 Å². The van der Waals surface area contributed by atoms with Gasteiger partial charge < -0.3 is 9.84 Å². The number of aromatic hydroxyl groups is 1. The van der Waals surface area contributed by atoms with E-state index in [0.717, 1.165) is 5.56 Å². The van der Waals surface area contributed by atoms with E-state index in [0.29, 0.717) is 18.6 Å². The molecule has 0 spiro atoms. The van der Waals surface area contributed by atoms with Crippen molar-refractivity contribution in [2.45, 2.75) is 26.7 Å². The molecule has 1 N–H and O–H groups in total. The van der Waals surface area contributed by atoms with Crippen molar-refractivity contribution in [3.63, 3.8) is 0 Å². The van der Waals surface area contributed by atoms with Crippen molar-refractivity contribution in [2.24, 2.45) is 0 Å². The van der Waals surface area contributed by atoms with Crippen molar-refractivity contribution in [2.75, 3.05) is 6.61 Å². The van der Waals surface area contributed by atoms with E-state index in [2.05, 4.69) is 0 Å². The number of aryl methyl sites for hydroxylation is 1. The number of hydrogen-bond acceptors (Lipinski definition) is 4. The molecule has 0 radical (unpaired) electrons. The highest BCUT2D eigenvalue weighted by Crippen LogP contribution is 2.18. The monoisotopic (exact) mass is 236 g/mol. The van der Waals surface area contributed by atoms with Crippen LogP contribution in [0.15, 0.2) is 18.2 Å². The van der Waals surface area contributed by atoms with E-state index >= 15 is 0 Å². The van der Waals surface area contributed by atoms with E-state index in [1.165, 1.54) is 19.1 Å². The minimum absolute atomic E-state index is 0.0510. The van der Waals surface area contributed by atoms with E-state index in [4.69, 9.17) is 4.74 Å². The summed E-state index contributed by atoms with van der Waals surface area (Å²) < 4.78 is 4.81. The summed E-state index contributed by atoms with van der Waals surface area (Å²) in [5.74, 6) is -0.357. The number of ketones is 1. The Kier molecular flexibility index (Phi) is 4.69. The lowest BCUT2D eigenvalue weighted by molar-refractivity contribution is -0.143. The number of carbonyl (C=O) groups excluding carboxylic acids is 2. The third kappa shape index (κ3) is 3.90. The smallest absolute Gasteiger partial charge is 0.306 e. The molecular weight excluding hydrogens is 220 g/mol. The van der Waals surface area contributed by atoms with Crippen LogP contribution in [-0.4, -0.2) is 23.5 Å². The highest BCUT2D eigenvalue weighted by atomic mass is 16.5. The summed E-state index contributed by atoms with van der Waals surface area (Å²) in [4.78, 5) is 22.6. The van der Waals surface area contributed by atoms with Gasteiger partial charge in [0.25, 0.3) is 0 Å². The predicted molar refractivity (Wildman–Crippen MR) is 63.1 cm³/mol. The van der Waals surface area contributed by atoms with Crippen LogP contribution in [0.4, 0.5) is 0 Å². The zero-order valence-electron chi connectivity index (χ0n) is 10.0. The molecule has 0 aliphatic rings. The molecule has 4 nitrogen and oxygen atoms in total. The molecule has 0 aliphatic heterocycles. The molecule has 0 saturated heterocycles. The molecule has 1 rings (SSSR count). The topological polar surface area (TPSA) is 63.6 Å². The summed E-state index contributed by atoms with van der Waals surface area (Å²) in [6, 6.07) is 4.58. The lowest BCUT2D eigenvalue weighted by atomic mass is 10.00. The van der Waals surface area contributed by atoms with Crippen LogP contribution in [0, 0.1) is 0 Å². The van der Waals surface area contributed by atoms with Crippen LogP contribution in [0.3, 0.4) is 0 Å². The minimum Gasteiger partial charge on any atom is -0.508 e. The second-order valence-corrected chi connectivity index (χ2v) is 3.70.